The Morgan fingerprint density at radius 2 is 2.32 bits per heavy atom. The lowest BCUT2D eigenvalue weighted by atomic mass is 9.99. The van der Waals surface area contributed by atoms with Gasteiger partial charge in [0.2, 0.25) is 0 Å². The molecule has 1 aromatic carbocycles. The summed E-state index contributed by atoms with van der Waals surface area (Å²) in [5, 5.41) is 19.9. The van der Waals surface area contributed by atoms with E-state index in [2.05, 4.69) is 15.9 Å². The normalized spacial score (nSPS) is 11.4. The highest BCUT2D eigenvalue weighted by Crippen LogP contribution is 2.26. The summed E-state index contributed by atoms with van der Waals surface area (Å²) in [6.07, 6.45) is -0.0427. The molecular weight excluding hydrogens is 316 g/mol. The first-order valence-electron chi connectivity index (χ1n) is 5.48. The van der Waals surface area contributed by atoms with E-state index in [1.807, 2.05) is 6.07 Å². The number of hydrogen-bond acceptors (Lipinski definition) is 5. The number of ether oxygens (including phenoxy) is 1. The fourth-order valence-electron chi connectivity index (χ4n) is 1.52. The van der Waals surface area contributed by atoms with Gasteiger partial charge in [-0.1, -0.05) is 22.0 Å². The minimum absolute atomic E-state index is 0.0427. The number of esters is 1. The number of nitriles is 1. The summed E-state index contributed by atoms with van der Waals surface area (Å²) in [7, 11) is 0. The number of hydrogen-bond donors (Lipinski definition) is 0. The van der Waals surface area contributed by atoms with Gasteiger partial charge in [0.25, 0.3) is 5.69 Å². The molecule has 19 heavy (non-hydrogen) atoms. The lowest BCUT2D eigenvalue weighted by Crippen LogP contribution is -2.19. The van der Waals surface area contributed by atoms with Crippen molar-refractivity contribution >= 4 is 27.6 Å². The van der Waals surface area contributed by atoms with Gasteiger partial charge in [-0.15, -0.1) is 0 Å². The summed E-state index contributed by atoms with van der Waals surface area (Å²) < 4.78 is 5.31. The second kappa shape index (κ2) is 6.85. The van der Waals surface area contributed by atoms with Crippen LogP contribution in [0.4, 0.5) is 5.69 Å². The van der Waals surface area contributed by atoms with Crippen LogP contribution in [0.25, 0.3) is 0 Å². The van der Waals surface area contributed by atoms with Gasteiger partial charge in [0, 0.05) is 22.5 Å². The summed E-state index contributed by atoms with van der Waals surface area (Å²) in [5.74, 6) is -1.71. The standard InChI is InChI=1S/C12H11BrN2O4/c1-2-19-12(16)9(7-14)5-8-3-4-10(13)6-11(8)15(17)18/h3-4,6,9H,2,5H2,1H3. The molecule has 0 aliphatic heterocycles. The van der Waals surface area contributed by atoms with Crippen LogP contribution in [0.5, 0.6) is 0 Å². The van der Waals surface area contributed by atoms with Gasteiger partial charge in [0.1, 0.15) is 5.92 Å². The van der Waals surface area contributed by atoms with Crippen molar-refractivity contribution in [3.05, 3.63) is 38.3 Å². The minimum Gasteiger partial charge on any atom is -0.465 e. The van der Waals surface area contributed by atoms with E-state index in [1.165, 1.54) is 12.1 Å². The molecule has 0 aromatic heterocycles. The molecule has 0 aliphatic carbocycles. The first kappa shape index (κ1) is 15.1. The van der Waals surface area contributed by atoms with E-state index in [4.69, 9.17) is 10.00 Å². The molecule has 0 N–H and O–H groups in total. The van der Waals surface area contributed by atoms with Gasteiger partial charge in [0.15, 0.2) is 0 Å². The van der Waals surface area contributed by atoms with Gasteiger partial charge in [-0.2, -0.15) is 5.26 Å². The summed E-state index contributed by atoms with van der Waals surface area (Å²) in [5.41, 5.74) is 0.201. The molecule has 0 saturated carbocycles. The Morgan fingerprint density at radius 1 is 1.63 bits per heavy atom. The second-order valence-electron chi connectivity index (χ2n) is 3.67. The minimum atomic E-state index is -1.04. The fraction of sp³-hybridized carbons (Fsp3) is 0.333. The SMILES string of the molecule is CCOC(=O)C(C#N)Cc1ccc(Br)cc1[N+](=O)[O-]. The van der Waals surface area contributed by atoms with Crippen LogP contribution in [-0.2, 0) is 16.0 Å². The maximum Gasteiger partial charge on any atom is 0.323 e. The van der Waals surface area contributed by atoms with E-state index in [0.717, 1.165) is 0 Å². The third kappa shape index (κ3) is 4.03. The molecule has 1 atom stereocenters. The number of benzene rings is 1. The number of halogens is 1. The summed E-state index contributed by atoms with van der Waals surface area (Å²) >= 11 is 3.14. The molecule has 0 bridgehead atoms. The number of carbonyl (C=O) groups excluding carboxylic acids is 1. The van der Waals surface area contributed by atoms with Crippen molar-refractivity contribution in [3.8, 4) is 6.07 Å². The van der Waals surface area contributed by atoms with Crippen LogP contribution in [0, 0.1) is 27.4 Å². The quantitative estimate of drug-likeness (QED) is 0.471. The van der Waals surface area contributed by atoms with E-state index in [1.54, 1.807) is 13.0 Å². The summed E-state index contributed by atoms with van der Waals surface area (Å²) in [6.45, 7) is 1.80. The van der Waals surface area contributed by atoms with Crippen LogP contribution in [0.2, 0.25) is 0 Å². The Morgan fingerprint density at radius 3 is 2.84 bits per heavy atom. The smallest absolute Gasteiger partial charge is 0.323 e. The molecule has 0 amide bonds. The largest absolute Gasteiger partial charge is 0.465 e. The molecule has 0 spiro atoms. The van der Waals surface area contributed by atoms with Crippen molar-refractivity contribution in [2.75, 3.05) is 6.61 Å². The average molecular weight is 327 g/mol. The number of nitro groups is 1. The monoisotopic (exact) mass is 326 g/mol. The predicted octanol–water partition coefficient (Wildman–Crippen LogP) is 2.60. The summed E-state index contributed by atoms with van der Waals surface area (Å²) in [4.78, 5) is 21.9. The molecule has 1 rings (SSSR count). The van der Waals surface area contributed by atoms with Crippen molar-refractivity contribution in [1.29, 1.82) is 5.26 Å². The Hall–Kier alpha value is -1.94. The Balaban J connectivity index is 3.01. The van der Waals surface area contributed by atoms with Crippen molar-refractivity contribution in [3.63, 3.8) is 0 Å². The zero-order valence-corrected chi connectivity index (χ0v) is 11.7. The van der Waals surface area contributed by atoms with Gasteiger partial charge < -0.3 is 4.74 Å². The van der Waals surface area contributed by atoms with Gasteiger partial charge in [0.05, 0.1) is 17.6 Å². The fourth-order valence-corrected chi connectivity index (χ4v) is 1.87. The lowest BCUT2D eigenvalue weighted by molar-refractivity contribution is -0.385. The molecule has 100 valence electrons. The van der Waals surface area contributed by atoms with Crippen LogP contribution in [-0.4, -0.2) is 17.5 Å². The molecule has 0 radical (unpaired) electrons. The van der Waals surface area contributed by atoms with Crippen molar-refractivity contribution in [1.82, 2.24) is 0 Å². The Labute approximate surface area is 118 Å². The molecule has 0 heterocycles. The average Bonchev–Trinajstić information content (AvgIpc) is 2.37. The van der Waals surface area contributed by atoms with Crippen LogP contribution in [0.1, 0.15) is 12.5 Å². The van der Waals surface area contributed by atoms with Crippen LogP contribution in [0.15, 0.2) is 22.7 Å². The highest BCUT2D eigenvalue weighted by molar-refractivity contribution is 9.10. The zero-order valence-electron chi connectivity index (χ0n) is 10.1. The van der Waals surface area contributed by atoms with E-state index in [0.29, 0.717) is 10.0 Å². The highest BCUT2D eigenvalue weighted by atomic mass is 79.9. The molecule has 1 aromatic rings. The number of carbonyl (C=O) groups is 1. The van der Waals surface area contributed by atoms with Crippen molar-refractivity contribution < 1.29 is 14.5 Å². The molecular formula is C12H11BrN2O4. The number of rotatable bonds is 5. The maximum atomic E-state index is 11.5. The molecule has 6 nitrogen and oxygen atoms in total. The van der Waals surface area contributed by atoms with Crippen LogP contribution in [0.3, 0.4) is 0 Å². The number of nitrogens with zero attached hydrogens (tertiary/aromatic N) is 2. The van der Waals surface area contributed by atoms with Gasteiger partial charge in [-0.05, 0) is 13.0 Å². The van der Waals surface area contributed by atoms with E-state index in [-0.39, 0.29) is 18.7 Å². The zero-order chi connectivity index (χ0) is 14.4. The van der Waals surface area contributed by atoms with Crippen LogP contribution >= 0.6 is 15.9 Å². The molecule has 7 heteroatoms. The van der Waals surface area contributed by atoms with E-state index in [9.17, 15) is 14.9 Å². The molecule has 1 unspecified atom stereocenters. The molecule has 0 fully saturated rings. The Bertz CT molecular complexity index is 539. The highest BCUT2D eigenvalue weighted by Gasteiger charge is 2.24. The topological polar surface area (TPSA) is 93.2 Å². The van der Waals surface area contributed by atoms with Crippen molar-refractivity contribution in [2.24, 2.45) is 5.92 Å². The van der Waals surface area contributed by atoms with Gasteiger partial charge in [-0.3, -0.25) is 14.9 Å². The van der Waals surface area contributed by atoms with Gasteiger partial charge >= 0.3 is 5.97 Å². The van der Waals surface area contributed by atoms with E-state index < -0.39 is 16.8 Å². The predicted molar refractivity (Wildman–Crippen MR) is 70.2 cm³/mol. The lowest BCUT2D eigenvalue weighted by Gasteiger charge is -2.08. The third-order valence-electron chi connectivity index (χ3n) is 2.40. The molecule has 0 aliphatic rings. The Kier molecular flexibility index (Phi) is 5.45. The molecule has 0 saturated heterocycles. The first-order chi connectivity index (χ1) is 8.99. The maximum absolute atomic E-state index is 11.5. The van der Waals surface area contributed by atoms with Crippen molar-refractivity contribution in [2.45, 2.75) is 13.3 Å². The van der Waals surface area contributed by atoms with E-state index >= 15 is 0 Å². The number of nitro benzene ring substituents is 1. The second-order valence-corrected chi connectivity index (χ2v) is 4.58. The third-order valence-corrected chi connectivity index (χ3v) is 2.89. The van der Waals surface area contributed by atoms with Gasteiger partial charge in [-0.25, -0.2) is 0 Å². The van der Waals surface area contributed by atoms with Crippen LogP contribution < -0.4 is 0 Å². The first-order valence-corrected chi connectivity index (χ1v) is 6.28. The summed E-state index contributed by atoms with van der Waals surface area (Å²) in [6, 6.07) is 6.30.